The molecule has 0 aliphatic rings. The number of carbonyl (C=O) groups is 3. The van der Waals surface area contributed by atoms with Gasteiger partial charge in [-0.3, -0.25) is 9.59 Å². The number of benzene rings is 2. The number of rotatable bonds is 7. The van der Waals surface area contributed by atoms with E-state index in [9.17, 15) is 14.4 Å². The van der Waals surface area contributed by atoms with Gasteiger partial charge in [0.15, 0.2) is 6.61 Å². The van der Waals surface area contributed by atoms with E-state index in [1.165, 1.54) is 13.0 Å². The lowest BCUT2D eigenvalue weighted by molar-refractivity contribution is -0.142. The molecule has 0 bridgehead atoms. The average molecular weight is 384 g/mol. The first-order valence-electron chi connectivity index (χ1n) is 8.12. The van der Waals surface area contributed by atoms with E-state index in [1.807, 2.05) is 30.5 Å². The highest BCUT2D eigenvalue weighted by atomic mass is 32.2. The molecule has 0 aliphatic heterocycles. The van der Waals surface area contributed by atoms with Crippen LogP contribution >= 0.6 is 11.8 Å². The van der Waals surface area contributed by atoms with Crippen LogP contribution in [0.3, 0.4) is 0 Å². The summed E-state index contributed by atoms with van der Waals surface area (Å²) in [4.78, 5) is 35.8. The first-order chi connectivity index (χ1) is 13.0. The Morgan fingerprint density at radius 1 is 1.04 bits per heavy atom. The highest BCUT2D eigenvalue weighted by molar-refractivity contribution is 7.98. The maximum atomic E-state index is 11.9. The summed E-state index contributed by atoms with van der Waals surface area (Å²) >= 11 is 1.64. The summed E-state index contributed by atoms with van der Waals surface area (Å²) in [6.07, 6.45) is 4.89. The van der Waals surface area contributed by atoms with Crippen molar-refractivity contribution in [2.24, 2.45) is 0 Å². The summed E-state index contributed by atoms with van der Waals surface area (Å²) in [6, 6.07) is 14.4. The number of hydrogen-bond donors (Lipinski definition) is 2. The van der Waals surface area contributed by atoms with Crippen molar-refractivity contribution in [3.05, 3.63) is 60.2 Å². The standard InChI is InChI=1S/C20H20N2O4S/c1-14(23)21-16-4-3-5-17(12-16)22-19(24)13-26-20(25)11-8-15-6-9-18(27-2)10-7-15/h3-12H,13H2,1-2H3,(H,21,23)(H,22,24)/b11-8+. The van der Waals surface area contributed by atoms with Gasteiger partial charge in [0.1, 0.15) is 0 Å². The van der Waals surface area contributed by atoms with E-state index >= 15 is 0 Å². The van der Waals surface area contributed by atoms with Crippen molar-refractivity contribution in [2.45, 2.75) is 11.8 Å². The zero-order valence-corrected chi connectivity index (χ0v) is 15.8. The highest BCUT2D eigenvalue weighted by Crippen LogP contribution is 2.16. The van der Waals surface area contributed by atoms with E-state index in [4.69, 9.17) is 4.74 Å². The van der Waals surface area contributed by atoms with E-state index in [1.54, 1.807) is 42.1 Å². The van der Waals surface area contributed by atoms with E-state index in [0.717, 1.165) is 10.5 Å². The Morgan fingerprint density at radius 2 is 1.70 bits per heavy atom. The molecule has 0 radical (unpaired) electrons. The normalized spacial score (nSPS) is 10.4. The summed E-state index contributed by atoms with van der Waals surface area (Å²) < 4.78 is 4.93. The fourth-order valence-electron chi connectivity index (χ4n) is 2.14. The van der Waals surface area contributed by atoms with Crippen LogP contribution < -0.4 is 10.6 Å². The molecule has 6 nitrogen and oxygen atoms in total. The number of anilines is 2. The Balaban J connectivity index is 1.81. The monoisotopic (exact) mass is 384 g/mol. The van der Waals surface area contributed by atoms with E-state index in [-0.39, 0.29) is 5.91 Å². The lowest BCUT2D eigenvalue weighted by atomic mass is 10.2. The molecule has 0 aliphatic carbocycles. The molecule has 7 heteroatoms. The van der Waals surface area contributed by atoms with Gasteiger partial charge in [-0.2, -0.15) is 0 Å². The molecule has 0 fully saturated rings. The van der Waals surface area contributed by atoms with Crippen LogP contribution in [0.1, 0.15) is 12.5 Å². The molecule has 0 aromatic heterocycles. The first kappa shape index (κ1) is 20.3. The molecule has 0 saturated heterocycles. The third-order valence-electron chi connectivity index (χ3n) is 3.34. The van der Waals surface area contributed by atoms with Crippen LogP contribution in [-0.2, 0) is 19.1 Å². The molecule has 140 valence electrons. The van der Waals surface area contributed by atoms with Crippen LogP contribution in [0.5, 0.6) is 0 Å². The van der Waals surface area contributed by atoms with Gasteiger partial charge in [-0.05, 0) is 48.2 Å². The number of esters is 1. The second-order valence-corrected chi connectivity index (χ2v) is 6.40. The van der Waals surface area contributed by atoms with Gasteiger partial charge in [-0.1, -0.05) is 18.2 Å². The second kappa shape index (κ2) is 10.2. The average Bonchev–Trinajstić information content (AvgIpc) is 2.65. The lowest BCUT2D eigenvalue weighted by Crippen LogP contribution is -2.20. The van der Waals surface area contributed by atoms with Crippen molar-refractivity contribution < 1.29 is 19.1 Å². The highest BCUT2D eigenvalue weighted by Gasteiger charge is 2.06. The molecule has 0 spiro atoms. The summed E-state index contributed by atoms with van der Waals surface area (Å²) in [5.41, 5.74) is 1.92. The number of thioether (sulfide) groups is 1. The molecule has 27 heavy (non-hydrogen) atoms. The zero-order valence-electron chi connectivity index (χ0n) is 15.0. The van der Waals surface area contributed by atoms with Crippen LogP contribution in [0.25, 0.3) is 6.08 Å². The maximum absolute atomic E-state index is 11.9. The van der Waals surface area contributed by atoms with Gasteiger partial charge in [0, 0.05) is 29.3 Å². The zero-order chi connectivity index (χ0) is 19.6. The van der Waals surface area contributed by atoms with Crippen LogP contribution in [0.4, 0.5) is 11.4 Å². The van der Waals surface area contributed by atoms with Gasteiger partial charge in [-0.15, -0.1) is 11.8 Å². The Morgan fingerprint density at radius 3 is 2.33 bits per heavy atom. The van der Waals surface area contributed by atoms with Crippen molar-refractivity contribution >= 4 is 47.0 Å². The Kier molecular flexibility index (Phi) is 7.63. The third-order valence-corrected chi connectivity index (χ3v) is 4.08. The summed E-state index contributed by atoms with van der Waals surface area (Å²) in [5.74, 6) is -1.28. The molecule has 2 amide bonds. The van der Waals surface area contributed by atoms with E-state index in [2.05, 4.69) is 10.6 Å². The molecular formula is C20H20N2O4S. The molecule has 2 aromatic carbocycles. The summed E-state index contributed by atoms with van der Waals surface area (Å²) in [6.45, 7) is 0.994. The van der Waals surface area contributed by atoms with Gasteiger partial charge >= 0.3 is 5.97 Å². The SMILES string of the molecule is CSc1ccc(/C=C/C(=O)OCC(=O)Nc2cccc(NC(C)=O)c2)cc1. The fraction of sp³-hybridized carbons (Fsp3) is 0.150. The molecule has 0 unspecified atom stereocenters. The van der Waals surface area contributed by atoms with Crippen molar-refractivity contribution in [2.75, 3.05) is 23.5 Å². The third kappa shape index (κ3) is 7.37. The van der Waals surface area contributed by atoms with Crippen LogP contribution in [-0.4, -0.2) is 30.6 Å². The fourth-order valence-corrected chi connectivity index (χ4v) is 2.55. The van der Waals surface area contributed by atoms with Crippen LogP contribution in [0.15, 0.2) is 59.5 Å². The molecule has 0 heterocycles. The number of amides is 2. The predicted octanol–water partition coefficient (Wildman–Crippen LogP) is 3.56. The van der Waals surface area contributed by atoms with Crippen LogP contribution in [0.2, 0.25) is 0 Å². The minimum Gasteiger partial charge on any atom is -0.452 e. The van der Waals surface area contributed by atoms with Crippen molar-refractivity contribution in [1.82, 2.24) is 0 Å². The van der Waals surface area contributed by atoms with Crippen LogP contribution in [0, 0.1) is 0 Å². The molecule has 2 N–H and O–H groups in total. The smallest absolute Gasteiger partial charge is 0.331 e. The number of hydrogen-bond acceptors (Lipinski definition) is 5. The van der Waals surface area contributed by atoms with Crippen molar-refractivity contribution in [1.29, 1.82) is 0 Å². The second-order valence-electron chi connectivity index (χ2n) is 5.52. The number of carbonyl (C=O) groups excluding carboxylic acids is 3. The minimum absolute atomic E-state index is 0.206. The van der Waals surface area contributed by atoms with Gasteiger partial charge < -0.3 is 15.4 Å². The van der Waals surface area contributed by atoms with Crippen molar-refractivity contribution in [3.8, 4) is 0 Å². The van der Waals surface area contributed by atoms with Gasteiger partial charge in [0.25, 0.3) is 5.91 Å². The number of ether oxygens (including phenoxy) is 1. The molecule has 2 aromatic rings. The van der Waals surface area contributed by atoms with E-state index in [0.29, 0.717) is 11.4 Å². The Labute approximate surface area is 162 Å². The number of nitrogens with one attached hydrogen (secondary N) is 2. The summed E-state index contributed by atoms with van der Waals surface area (Å²) in [7, 11) is 0. The van der Waals surface area contributed by atoms with Gasteiger partial charge in [0.2, 0.25) is 5.91 Å². The Hall–Kier alpha value is -3.06. The van der Waals surface area contributed by atoms with Crippen molar-refractivity contribution in [3.63, 3.8) is 0 Å². The van der Waals surface area contributed by atoms with Gasteiger partial charge in [0.05, 0.1) is 0 Å². The van der Waals surface area contributed by atoms with Gasteiger partial charge in [-0.25, -0.2) is 4.79 Å². The summed E-state index contributed by atoms with van der Waals surface area (Å²) in [5, 5.41) is 5.23. The molecule has 2 rings (SSSR count). The van der Waals surface area contributed by atoms with E-state index < -0.39 is 18.5 Å². The molecule has 0 saturated carbocycles. The predicted molar refractivity (Wildman–Crippen MR) is 108 cm³/mol. The quantitative estimate of drug-likeness (QED) is 0.433. The topological polar surface area (TPSA) is 84.5 Å². The molecular weight excluding hydrogens is 364 g/mol. The first-order valence-corrected chi connectivity index (χ1v) is 9.35. The Bertz CT molecular complexity index is 847. The maximum Gasteiger partial charge on any atom is 0.331 e. The molecule has 0 atom stereocenters. The largest absolute Gasteiger partial charge is 0.452 e. The lowest BCUT2D eigenvalue weighted by Gasteiger charge is -2.08. The minimum atomic E-state index is -0.605.